The predicted octanol–water partition coefficient (Wildman–Crippen LogP) is 4.06. The van der Waals surface area contributed by atoms with Gasteiger partial charge < -0.3 is 0 Å². The van der Waals surface area contributed by atoms with Crippen LogP contribution in [-0.4, -0.2) is 13.2 Å². The van der Waals surface area contributed by atoms with Gasteiger partial charge in [-0.05, 0) is 24.7 Å². The molecule has 1 heterocycles. The second kappa shape index (κ2) is 4.54. The Morgan fingerprint density at radius 1 is 0.722 bits per heavy atom. The summed E-state index contributed by atoms with van der Waals surface area (Å²) < 4.78 is 0. The van der Waals surface area contributed by atoms with E-state index in [1.807, 2.05) is 0 Å². The highest BCUT2D eigenvalue weighted by molar-refractivity contribution is 5.22. The summed E-state index contributed by atoms with van der Waals surface area (Å²) >= 11 is 0. The van der Waals surface area contributed by atoms with Crippen LogP contribution in [0.4, 0.5) is 0 Å². The fourth-order valence-corrected chi connectivity index (χ4v) is 1.48. The van der Waals surface area contributed by atoms with Crippen molar-refractivity contribution in [2.24, 2.45) is 21.7 Å². The van der Waals surface area contributed by atoms with Gasteiger partial charge in [-0.2, -0.15) is 0 Å². The molecule has 0 spiro atoms. The highest BCUT2D eigenvalue weighted by atomic mass is 17.2. The molecule has 104 valence electrons. The quantitative estimate of drug-likeness (QED) is 0.478. The molecule has 1 aliphatic rings. The van der Waals surface area contributed by atoms with Crippen LogP contribution in [0.5, 0.6) is 0 Å². The van der Waals surface area contributed by atoms with E-state index in [9.17, 15) is 0 Å². The van der Waals surface area contributed by atoms with E-state index in [4.69, 9.17) is 9.78 Å². The molecular formula is C16H28O2. The highest BCUT2D eigenvalue weighted by Crippen LogP contribution is 2.43. The van der Waals surface area contributed by atoms with Gasteiger partial charge in [0.2, 0.25) is 0 Å². The Kier molecular flexibility index (Phi) is 3.92. The molecule has 0 radical (unpaired) electrons. The van der Waals surface area contributed by atoms with Gasteiger partial charge in [-0.25, -0.2) is 9.78 Å². The van der Waals surface area contributed by atoms with Crippen molar-refractivity contribution in [2.45, 2.75) is 55.4 Å². The summed E-state index contributed by atoms with van der Waals surface area (Å²) in [6.07, 6.45) is 0. The molecule has 0 N–H and O–H groups in total. The lowest BCUT2D eigenvalue weighted by Gasteiger charge is -2.42. The minimum atomic E-state index is -0.195. The molecule has 0 fully saturated rings. The second-order valence-electron chi connectivity index (χ2n) is 7.94. The minimum Gasteiger partial charge on any atom is -0.235 e. The maximum absolute atomic E-state index is 5.40. The van der Waals surface area contributed by atoms with Crippen LogP contribution < -0.4 is 0 Å². The third-order valence-corrected chi connectivity index (χ3v) is 4.70. The fraction of sp³-hybridized carbons (Fsp3) is 0.875. The van der Waals surface area contributed by atoms with Gasteiger partial charge in [0, 0.05) is 0 Å². The fourth-order valence-electron chi connectivity index (χ4n) is 1.48. The van der Waals surface area contributed by atoms with Gasteiger partial charge in [0.15, 0.2) is 0 Å². The topological polar surface area (TPSA) is 18.5 Å². The zero-order valence-electron chi connectivity index (χ0n) is 13.2. The van der Waals surface area contributed by atoms with E-state index in [1.54, 1.807) is 0 Å². The lowest BCUT2D eigenvalue weighted by molar-refractivity contribution is -0.326. The smallest absolute Gasteiger partial charge is 0.0990 e. The van der Waals surface area contributed by atoms with Crippen molar-refractivity contribution in [3.8, 4) is 11.8 Å². The van der Waals surface area contributed by atoms with E-state index < -0.39 is 0 Å². The molecule has 2 unspecified atom stereocenters. The molecule has 0 aliphatic carbocycles. The van der Waals surface area contributed by atoms with Crippen molar-refractivity contribution in [3.05, 3.63) is 0 Å². The second-order valence-corrected chi connectivity index (χ2v) is 7.94. The number of rotatable bonds is 0. The number of hydrogen-bond acceptors (Lipinski definition) is 2. The molecule has 0 saturated heterocycles. The molecule has 0 aromatic rings. The van der Waals surface area contributed by atoms with Crippen LogP contribution in [0.25, 0.3) is 0 Å². The van der Waals surface area contributed by atoms with E-state index in [-0.39, 0.29) is 21.7 Å². The monoisotopic (exact) mass is 252 g/mol. The molecular weight excluding hydrogens is 224 g/mol. The molecule has 2 nitrogen and oxygen atoms in total. The van der Waals surface area contributed by atoms with Crippen LogP contribution in [0, 0.1) is 33.5 Å². The third kappa shape index (κ3) is 2.90. The van der Waals surface area contributed by atoms with Gasteiger partial charge in [-0.15, -0.1) is 0 Å². The Morgan fingerprint density at radius 2 is 1.00 bits per heavy atom. The standard InChI is InChI=1S/C16H28O2/c1-13(2,3)15(7)9-10-16(8,14(4,5)6)12-18-17-11-15/h11-12H2,1-8H3. The summed E-state index contributed by atoms with van der Waals surface area (Å²) in [6, 6.07) is 0. The van der Waals surface area contributed by atoms with Crippen LogP contribution in [-0.2, 0) is 9.78 Å². The first kappa shape index (κ1) is 15.5. The van der Waals surface area contributed by atoms with Gasteiger partial charge in [0.25, 0.3) is 0 Å². The van der Waals surface area contributed by atoms with Crippen LogP contribution in [0.3, 0.4) is 0 Å². The van der Waals surface area contributed by atoms with E-state index in [0.717, 1.165) is 0 Å². The first-order valence-electron chi connectivity index (χ1n) is 6.70. The summed E-state index contributed by atoms with van der Waals surface area (Å²) in [7, 11) is 0. The summed E-state index contributed by atoms with van der Waals surface area (Å²) in [6.45, 7) is 18.5. The lowest BCUT2D eigenvalue weighted by atomic mass is 9.65. The van der Waals surface area contributed by atoms with Gasteiger partial charge in [-0.1, -0.05) is 53.4 Å². The Balaban J connectivity index is 3.20. The molecule has 2 atom stereocenters. The Hall–Kier alpha value is -0.520. The van der Waals surface area contributed by atoms with Crippen molar-refractivity contribution in [1.82, 2.24) is 0 Å². The summed E-state index contributed by atoms with van der Waals surface area (Å²) in [4.78, 5) is 10.8. The Labute approximate surface area is 112 Å². The van der Waals surface area contributed by atoms with Crippen LogP contribution in [0.15, 0.2) is 0 Å². The van der Waals surface area contributed by atoms with Crippen molar-refractivity contribution < 1.29 is 9.78 Å². The van der Waals surface area contributed by atoms with Crippen LogP contribution in [0.1, 0.15) is 55.4 Å². The third-order valence-electron chi connectivity index (χ3n) is 4.70. The maximum atomic E-state index is 5.40. The minimum absolute atomic E-state index is 0.0551. The summed E-state index contributed by atoms with van der Waals surface area (Å²) in [5.41, 5.74) is -0.279. The molecule has 1 rings (SSSR count). The van der Waals surface area contributed by atoms with Crippen molar-refractivity contribution in [3.63, 3.8) is 0 Å². The van der Waals surface area contributed by atoms with E-state index >= 15 is 0 Å². The molecule has 0 saturated carbocycles. The maximum Gasteiger partial charge on any atom is 0.0990 e. The van der Waals surface area contributed by atoms with Crippen molar-refractivity contribution in [2.75, 3.05) is 13.2 Å². The van der Waals surface area contributed by atoms with E-state index in [1.165, 1.54) is 0 Å². The Bertz CT molecular complexity index is 327. The van der Waals surface area contributed by atoms with Crippen molar-refractivity contribution >= 4 is 0 Å². The normalized spacial score (nSPS) is 34.2. The highest BCUT2D eigenvalue weighted by Gasteiger charge is 2.42. The molecule has 2 heteroatoms. The molecule has 0 aromatic carbocycles. The predicted molar refractivity (Wildman–Crippen MR) is 74.8 cm³/mol. The largest absolute Gasteiger partial charge is 0.235 e. The summed E-state index contributed by atoms with van der Waals surface area (Å²) in [5.74, 6) is 6.96. The average Bonchev–Trinajstić information content (AvgIpc) is 2.15. The first-order valence-corrected chi connectivity index (χ1v) is 6.70. The zero-order valence-corrected chi connectivity index (χ0v) is 13.2. The molecule has 18 heavy (non-hydrogen) atoms. The average molecular weight is 252 g/mol. The van der Waals surface area contributed by atoms with Crippen molar-refractivity contribution in [1.29, 1.82) is 0 Å². The van der Waals surface area contributed by atoms with Crippen LogP contribution >= 0.6 is 0 Å². The van der Waals surface area contributed by atoms with Gasteiger partial charge >= 0.3 is 0 Å². The van der Waals surface area contributed by atoms with Crippen LogP contribution in [0.2, 0.25) is 0 Å². The molecule has 0 amide bonds. The van der Waals surface area contributed by atoms with E-state index in [2.05, 4.69) is 67.2 Å². The number of hydrogen-bond donors (Lipinski definition) is 0. The van der Waals surface area contributed by atoms with E-state index in [0.29, 0.717) is 13.2 Å². The zero-order chi connectivity index (χ0) is 14.2. The van der Waals surface area contributed by atoms with Gasteiger partial charge in [0.05, 0.1) is 24.0 Å². The SMILES string of the molecule is CC(C)(C)C1(C)C#CC(C)(C(C)(C)C)COOC1. The molecule has 0 bridgehead atoms. The first-order chi connectivity index (χ1) is 7.91. The lowest BCUT2D eigenvalue weighted by Crippen LogP contribution is -2.42. The molecule has 0 aromatic heterocycles. The Morgan fingerprint density at radius 3 is 1.22 bits per heavy atom. The molecule has 1 aliphatic heterocycles. The summed E-state index contributed by atoms with van der Waals surface area (Å²) in [5, 5.41) is 0. The van der Waals surface area contributed by atoms with Gasteiger partial charge in [0.1, 0.15) is 0 Å². The van der Waals surface area contributed by atoms with Gasteiger partial charge in [-0.3, -0.25) is 0 Å².